The van der Waals surface area contributed by atoms with Gasteiger partial charge in [-0.25, -0.2) is 0 Å². The molecule has 2 N–H and O–H groups in total. The Labute approximate surface area is 142 Å². The summed E-state index contributed by atoms with van der Waals surface area (Å²) in [6.45, 7) is 4.45. The van der Waals surface area contributed by atoms with Crippen LogP contribution >= 0.6 is 12.2 Å². The maximum absolute atomic E-state index is 5.56. The maximum Gasteiger partial charge on any atom is 0.172 e. The van der Waals surface area contributed by atoms with Gasteiger partial charge in [-0.05, 0) is 37.5 Å². The third-order valence-electron chi connectivity index (χ3n) is 3.82. The fourth-order valence-corrected chi connectivity index (χ4v) is 2.87. The fourth-order valence-electron chi connectivity index (χ4n) is 2.69. The average Bonchev–Trinajstić information content (AvgIpc) is 3.17. The first kappa shape index (κ1) is 16.0. The summed E-state index contributed by atoms with van der Waals surface area (Å²) in [4.78, 5) is 0. The summed E-state index contributed by atoms with van der Waals surface area (Å²) in [6, 6.07) is 10.4. The normalized spacial score (nSPS) is 17.2. The second-order valence-corrected chi connectivity index (χ2v) is 6.27. The van der Waals surface area contributed by atoms with E-state index in [1.54, 1.807) is 0 Å². The van der Waals surface area contributed by atoms with E-state index in [-0.39, 0.29) is 6.10 Å². The predicted molar refractivity (Wildman–Crippen MR) is 95.7 cm³/mol. The molecule has 23 heavy (non-hydrogen) atoms. The SMILES string of the molecule is Cc1cccc(Cn2ccc(NC(=S)NCC3CCCO3)n2)c1. The molecule has 0 spiro atoms. The van der Waals surface area contributed by atoms with Crippen molar-refractivity contribution < 1.29 is 4.74 Å². The van der Waals surface area contributed by atoms with Crippen LogP contribution < -0.4 is 10.6 Å². The Kier molecular flexibility index (Phi) is 5.25. The molecule has 1 aliphatic heterocycles. The molecule has 0 radical (unpaired) electrons. The molecule has 5 nitrogen and oxygen atoms in total. The summed E-state index contributed by atoms with van der Waals surface area (Å²) < 4.78 is 7.47. The topological polar surface area (TPSA) is 51.1 Å². The highest BCUT2D eigenvalue weighted by atomic mass is 32.1. The minimum atomic E-state index is 0.272. The number of aryl methyl sites for hydroxylation is 1. The van der Waals surface area contributed by atoms with Crippen LogP contribution in [0.2, 0.25) is 0 Å². The van der Waals surface area contributed by atoms with Crippen LogP contribution in [0, 0.1) is 6.92 Å². The van der Waals surface area contributed by atoms with Crippen LogP contribution in [0.1, 0.15) is 24.0 Å². The van der Waals surface area contributed by atoms with Crippen molar-refractivity contribution in [2.75, 3.05) is 18.5 Å². The second-order valence-electron chi connectivity index (χ2n) is 5.86. The van der Waals surface area contributed by atoms with Crippen LogP contribution in [0.25, 0.3) is 0 Å². The van der Waals surface area contributed by atoms with E-state index < -0.39 is 0 Å². The Morgan fingerprint density at radius 3 is 3.13 bits per heavy atom. The first-order chi connectivity index (χ1) is 11.2. The van der Waals surface area contributed by atoms with E-state index in [1.165, 1.54) is 11.1 Å². The Hall–Kier alpha value is -1.92. The van der Waals surface area contributed by atoms with E-state index in [2.05, 4.69) is 46.9 Å². The molecule has 0 saturated carbocycles. The number of hydrogen-bond acceptors (Lipinski definition) is 3. The number of thiocarbonyl (C=S) groups is 1. The summed E-state index contributed by atoms with van der Waals surface area (Å²) in [7, 11) is 0. The minimum absolute atomic E-state index is 0.272. The molecule has 1 aliphatic rings. The molecule has 1 fully saturated rings. The molecule has 1 aromatic heterocycles. The number of benzene rings is 1. The number of anilines is 1. The average molecular weight is 330 g/mol. The first-order valence-corrected chi connectivity index (χ1v) is 8.35. The van der Waals surface area contributed by atoms with Crippen molar-refractivity contribution in [3.8, 4) is 0 Å². The van der Waals surface area contributed by atoms with Gasteiger partial charge in [-0.15, -0.1) is 0 Å². The lowest BCUT2D eigenvalue weighted by atomic mass is 10.1. The van der Waals surface area contributed by atoms with Gasteiger partial charge >= 0.3 is 0 Å². The van der Waals surface area contributed by atoms with Gasteiger partial charge in [-0.3, -0.25) is 4.68 Å². The molecule has 1 unspecified atom stereocenters. The van der Waals surface area contributed by atoms with Gasteiger partial charge in [0.05, 0.1) is 12.6 Å². The maximum atomic E-state index is 5.56. The lowest BCUT2D eigenvalue weighted by molar-refractivity contribution is 0.114. The first-order valence-electron chi connectivity index (χ1n) is 7.94. The molecule has 0 bridgehead atoms. The molecule has 2 aromatic rings. The lowest BCUT2D eigenvalue weighted by Gasteiger charge is -2.12. The van der Waals surface area contributed by atoms with Crippen LogP contribution in [-0.4, -0.2) is 34.1 Å². The van der Waals surface area contributed by atoms with E-state index in [4.69, 9.17) is 17.0 Å². The fraction of sp³-hybridized carbons (Fsp3) is 0.412. The van der Waals surface area contributed by atoms with Crippen molar-refractivity contribution in [1.29, 1.82) is 0 Å². The lowest BCUT2D eigenvalue weighted by Crippen LogP contribution is -2.34. The summed E-state index contributed by atoms with van der Waals surface area (Å²) in [6.07, 6.45) is 4.46. The molecular formula is C17H22N4OS. The van der Waals surface area contributed by atoms with Crippen molar-refractivity contribution in [2.45, 2.75) is 32.4 Å². The van der Waals surface area contributed by atoms with Crippen LogP contribution in [0.4, 0.5) is 5.82 Å². The molecule has 6 heteroatoms. The van der Waals surface area contributed by atoms with Crippen molar-refractivity contribution in [2.24, 2.45) is 0 Å². The van der Waals surface area contributed by atoms with Gasteiger partial charge in [0.2, 0.25) is 0 Å². The monoisotopic (exact) mass is 330 g/mol. The zero-order valence-corrected chi connectivity index (χ0v) is 14.1. The highest BCUT2D eigenvalue weighted by Crippen LogP contribution is 2.11. The van der Waals surface area contributed by atoms with E-state index in [1.807, 2.05) is 16.9 Å². The highest BCUT2D eigenvalue weighted by Gasteiger charge is 2.15. The molecule has 2 heterocycles. The molecule has 1 atom stereocenters. The number of ether oxygens (including phenoxy) is 1. The van der Waals surface area contributed by atoms with Crippen LogP contribution in [0.5, 0.6) is 0 Å². The number of nitrogens with zero attached hydrogens (tertiary/aromatic N) is 2. The molecular weight excluding hydrogens is 308 g/mol. The smallest absolute Gasteiger partial charge is 0.172 e. The van der Waals surface area contributed by atoms with Gasteiger partial charge in [-0.2, -0.15) is 5.10 Å². The molecule has 0 aliphatic carbocycles. The van der Waals surface area contributed by atoms with Crippen molar-refractivity contribution in [1.82, 2.24) is 15.1 Å². The highest BCUT2D eigenvalue weighted by molar-refractivity contribution is 7.80. The summed E-state index contributed by atoms with van der Waals surface area (Å²) >= 11 is 5.30. The van der Waals surface area contributed by atoms with Gasteiger partial charge in [0.15, 0.2) is 10.9 Å². The summed E-state index contributed by atoms with van der Waals surface area (Å²) in [5, 5.41) is 11.4. The van der Waals surface area contributed by atoms with Crippen LogP contribution in [0.15, 0.2) is 36.5 Å². The van der Waals surface area contributed by atoms with Crippen molar-refractivity contribution >= 4 is 23.1 Å². The van der Waals surface area contributed by atoms with Gasteiger partial charge < -0.3 is 15.4 Å². The number of nitrogens with one attached hydrogen (secondary N) is 2. The second kappa shape index (κ2) is 7.57. The molecule has 0 amide bonds. The van der Waals surface area contributed by atoms with E-state index in [0.717, 1.165) is 38.4 Å². The third kappa shape index (κ3) is 4.77. The number of aromatic nitrogens is 2. The Bertz CT molecular complexity index is 664. The molecule has 3 rings (SSSR count). The van der Waals surface area contributed by atoms with Gasteiger partial charge in [0.25, 0.3) is 0 Å². The van der Waals surface area contributed by atoms with Crippen molar-refractivity contribution in [3.05, 3.63) is 47.7 Å². The summed E-state index contributed by atoms with van der Waals surface area (Å²) in [5.74, 6) is 0.752. The van der Waals surface area contributed by atoms with E-state index in [9.17, 15) is 0 Å². The molecule has 122 valence electrons. The largest absolute Gasteiger partial charge is 0.376 e. The zero-order chi connectivity index (χ0) is 16.1. The van der Waals surface area contributed by atoms with Crippen LogP contribution in [0.3, 0.4) is 0 Å². The Morgan fingerprint density at radius 1 is 1.43 bits per heavy atom. The standard InChI is InChI=1S/C17H22N4OS/c1-13-4-2-5-14(10-13)12-21-8-7-16(20-21)19-17(23)18-11-15-6-3-9-22-15/h2,4-5,7-8,10,15H,3,6,9,11-12H2,1H3,(H2,18,19,20,23). The molecule has 1 aromatic carbocycles. The van der Waals surface area contributed by atoms with Gasteiger partial charge in [-0.1, -0.05) is 29.8 Å². The summed E-state index contributed by atoms with van der Waals surface area (Å²) in [5.41, 5.74) is 2.49. The number of hydrogen-bond donors (Lipinski definition) is 2. The van der Waals surface area contributed by atoms with Gasteiger partial charge in [0.1, 0.15) is 0 Å². The Balaban J connectivity index is 1.49. The van der Waals surface area contributed by atoms with E-state index >= 15 is 0 Å². The zero-order valence-electron chi connectivity index (χ0n) is 13.3. The van der Waals surface area contributed by atoms with Gasteiger partial charge in [0, 0.05) is 25.4 Å². The third-order valence-corrected chi connectivity index (χ3v) is 4.07. The predicted octanol–water partition coefficient (Wildman–Crippen LogP) is 2.71. The van der Waals surface area contributed by atoms with Crippen LogP contribution in [-0.2, 0) is 11.3 Å². The Morgan fingerprint density at radius 2 is 2.35 bits per heavy atom. The quantitative estimate of drug-likeness (QED) is 0.826. The molecule has 1 saturated heterocycles. The number of rotatable bonds is 5. The van der Waals surface area contributed by atoms with E-state index in [0.29, 0.717) is 5.11 Å². The van der Waals surface area contributed by atoms with Crippen molar-refractivity contribution in [3.63, 3.8) is 0 Å². The minimum Gasteiger partial charge on any atom is -0.376 e.